The molecule has 2 aromatic heterocycles. The number of esters is 1. The summed E-state index contributed by atoms with van der Waals surface area (Å²) in [4.78, 5) is 47.4. The summed E-state index contributed by atoms with van der Waals surface area (Å²) in [5.41, 5.74) is 2.31. The number of piperidine rings is 1. The Morgan fingerprint density at radius 3 is 2.23 bits per heavy atom. The molecule has 0 saturated carbocycles. The Hall–Kier alpha value is -3.29. The monoisotopic (exact) mass is 424 g/mol. The normalized spacial score (nSPS) is 15.3. The van der Waals surface area contributed by atoms with Crippen LogP contribution in [-0.4, -0.2) is 58.4 Å². The molecular weight excluding hydrogens is 396 g/mol. The van der Waals surface area contributed by atoms with E-state index in [9.17, 15) is 14.4 Å². The molecule has 1 saturated heterocycles. The van der Waals surface area contributed by atoms with Gasteiger partial charge in [0.05, 0.1) is 12.5 Å². The van der Waals surface area contributed by atoms with Crippen LogP contribution in [0, 0.1) is 19.8 Å². The number of carbonyl (C=O) groups is 3. The highest BCUT2D eigenvalue weighted by Gasteiger charge is 2.30. The molecule has 0 aromatic carbocycles. The van der Waals surface area contributed by atoms with E-state index in [2.05, 4.69) is 15.3 Å². The standard InChI is InChI=1S/C23H28N4O4/c1-15-6-4-8-19(25-15)21(28)24-14-17(3)31-23(30)18-10-12-27(13-11-18)22(29)20-9-5-7-16(2)26-20/h4-9,17-18H,10-14H2,1-3H3,(H,24,28)/t17-/m1/s1. The number of hydrogen-bond acceptors (Lipinski definition) is 6. The maximum atomic E-state index is 12.6. The Morgan fingerprint density at radius 1 is 1.03 bits per heavy atom. The van der Waals surface area contributed by atoms with Gasteiger partial charge in [-0.25, -0.2) is 9.97 Å². The summed E-state index contributed by atoms with van der Waals surface area (Å²) in [5.74, 6) is -0.971. The van der Waals surface area contributed by atoms with Gasteiger partial charge in [0.2, 0.25) is 0 Å². The van der Waals surface area contributed by atoms with Crippen LogP contribution in [0.2, 0.25) is 0 Å². The van der Waals surface area contributed by atoms with E-state index >= 15 is 0 Å². The zero-order valence-electron chi connectivity index (χ0n) is 18.1. The highest BCUT2D eigenvalue weighted by Crippen LogP contribution is 2.20. The van der Waals surface area contributed by atoms with Crippen LogP contribution in [0.1, 0.15) is 52.1 Å². The molecule has 8 nitrogen and oxygen atoms in total. The molecular formula is C23H28N4O4. The Labute approximate surface area is 182 Å². The number of likely N-dealkylation sites (tertiary alicyclic amines) is 1. The summed E-state index contributed by atoms with van der Waals surface area (Å²) in [6, 6.07) is 10.6. The summed E-state index contributed by atoms with van der Waals surface area (Å²) in [5, 5.41) is 2.74. The summed E-state index contributed by atoms with van der Waals surface area (Å²) in [6.45, 7) is 6.58. The molecule has 164 valence electrons. The lowest BCUT2D eigenvalue weighted by Gasteiger charge is -2.31. The zero-order valence-corrected chi connectivity index (χ0v) is 18.1. The first-order chi connectivity index (χ1) is 14.8. The molecule has 1 aliphatic heterocycles. The number of pyridine rings is 2. The van der Waals surface area contributed by atoms with Crippen molar-refractivity contribution in [1.82, 2.24) is 20.2 Å². The molecule has 2 aromatic rings. The zero-order chi connectivity index (χ0) is 22.4. The van der Waals surface area contributed by atoms with Gasteiger partial charge in [0.15, 0.2) is 0 Å². The SMILES string of the molecule is Cc1cccc(C(=O)NC[C@@H](C)OC(=O)C2CCN(C(=O)c3cccc(C)n3)CC2)n1. The van der Waals surface area contributed by atoms with E-state index in [-0.39, 0.29) is 30.2 Å². The van der Waals surface area contributed by atoms with E-state index in [1.165, 1.54) is 0 Å². The fourth-order valence-corrected chi connectivity index (χ4v) is 3.48. The van der Waals surface area contributed by atoms with Gasteiger partial charge in [-0.2, -0.15) is 0 Å². The molecule has 1 aliphatic rings. The third-order valence-corrected chi connectivity index (χ3v) is 5.21. The van der Waals surface area contributed by atoms with E-state index in [4.69, 9.17) is 4.74 Å². The topological polar surface area (TPSA) is 101 Å². The first kappa shape index (κ1) is 22.4. The Kier molecular flexibility index (Phi) is 7.33. The number of nitrogens with zero attached hydrogens (tertiary/aromatic N) is 3. The van der Waals surface area contributed by atoms with Gasteiger partial charge in [-0.05, 0) is 57.9 Å². The van der Waals surface area contributed by atoms with Crippen LogP contribution in [0.4, 0.5) is 0 Å². The van der Waals surface area contributed by atoms with Crippen molar-refractivity contribution in [2.24, 2.45) is 5.92 Å². The molecule has 1 atom stereocenters. The van der Waals surface area contributed by atoms with Crippen molar-refractivity contribution in [3.63, 3.8) is 0 Å². The third-order valence-electron chi connectivity index (χ3n) is 5.21. The van der Waals surface area contributed by atoms with Gasteiger partial charge in [0, 0.05) is 24.5 Å². The van der Waals surface area contributed by atoms with Crippen LogP contribution in [0.25, 0.3) is 0 Å². The van der Waals surface area contributed by atoms with Gasteiger partial charge >= 0.3 is 5.97 Å². The Balaban J connectivity index is 1.43. The number of nitrogens with one attached hydrogen (secondary N) is 1. The fraction of sp³-hybridized carbons (Fsp3) is 0.435. The quantitative estimate of drug-likeness (QED) is 0.714. The number of ether oxygens (including phenoxy) is 1. The molecule has 2 amide bonds. The molecule has 3 heterocycles. The molecule has 0 spiro atoms. The smallest absolute Gasteiger partial charge is 0.309 e. The highest BCUT2D eigenvalue weighted by molar-refractivity contribution is 5.93. The van der Waals surface area contributed by atoms with Crippen LogP contribution in [-0.2, 0) is 9.53 Å². The van der Waals surface area contributed by atoms with Crippen molar-refractivity contribution in [1.29, 1.82) is 0 Å². The van der Waals surface area contributed by atoms with E-state index in [1.807, 2.05) is 32.0 Å². The second-order valence-corrected chi connectivity index (χ2v) is 7.85. The van der Waals surface area contributed by atoms with E-state index in [0.29, 0.717) is 37.3 Å². The van der Waals surface area contributed by atoms with E-state index in [0.717, 1.165) is 11.4 Å². The molecule has 31 heavy (non-hydrogen) atoms. The first-order valence-corrected chi connectivity index (χ1v) is 10.5. The van der Waals surface area contributed by atoms with Gasteiger partial charge in [-0.3, -0.25) is 14.4 Å². The number of hydrogen-bond donors (Lipinski definition) is 1. The van der Waals surface area contributed by atoms with Gasteiger partial charge < -0.3 is 15.0 Å². The minimum absolute atomic E-state index is 0.114. The second-order valence-electron chi connectivity index (χ2n) is 7.85. The second kappa shape index (κ2) is 10.1. The van der Waals surface area contributed by atoms with Crippen molar-refractivity contribution >= 4 is 17.8 Å². The molecule has 1 N–H and O–H groups in total. The summed E-state index contributed by atoms with van der Waals surface area (Å²) in [6.07, 6.45) is 0.628. The Morgan fingerprint density at radius 2 is 1.61 bits per heavy atom. The average Bonchev–Trinajstić information content (AvgIpc) is 2.77. The molecule has 8 heteroatoms. The number of rotatable bonds is 6. The van der Waals surface area contributed by atoms with Crippen LogP contribution in [0.5, 0.6) is 0 Å². The van der Waals surface area contributed by atoms with E-state index in [1.54, 1.807) is 30.0 Å². The number of carbonyl (C=O) groups excluding carboxylic acids is 3. The lowest BCUT2D eigenvalue weighted by molar-refractivity contribution is -0.154. The third kappa shape index (κ3) is 6.10. The summed E-state index contributed by atoms with van der Waals surface area (Å²) < 4.78 is 5.51. The predicted octanol–water partition coefficient (Wildman–Crippen LogP) is 2.31. The Bertz CT molecular complexity index is 954. The van der Waals surface area contributed by atoms with Gasteiger partial charge in [0.25, 0.3) is 11.8 Å². The number of amides is 2. The van der Waals surface area contributed by atoms with Crippen LogP contribution >= 0.6 is 0 Å². The minimum atomic E-state index is -0.461. The molecule has 0 unspecified atom stereocenters. The van der Waals surface area contributed by atoms with Crippen molar-refractivity contribution < 1.29 is 19.1 Å². The minimum Gasteiger partial charge on any atom is -0.461 e. The molecule has 0 bridgehead atoms. The summed E-state index contributed by atoms with van der Waals surface area (Å²) in [7, 11) is 0. The lowest BCUT2D eigenvalue weighted by Crippen LogP contribution is -2.42. The molecule has 1 fully saturated rings. The van der Waals surface area contributed by atoms with Crippen molar-refractivity contribution in [3.8, 4) is 0 Å². The largest absolute Gasteiger partial charge is 0.461 e. The van der Waals surface area contributed by atoms with E-state index < -0.39 is 6.10 Å². The number of aromatic nitrogens is 2. The number of aryl methyl sites for hydroxylation is 2. The lowest BCUT2D eigenvalue weighted by atomic mass is 9.96. The fourth-order valence-electron chi connectivity index (χ4n) is 3.48. The molecule has 3 rings (SSSR count). The maximum Gasteiger partial charge on any atom is 0.309 e. The van der Waals surface area contributed by atoms with Gasteiger partial charge in [-0.1, -0.05) is 12.1 Å². The van der Waals surface area contributed by atoms with Crippen molar-refractivity contribution in [3.05, 3.63) is 59.2 Å². The molecule has 0 radical (unpaired) electrons. The van der Waals surface area contributed by atoms with Crippen LogP contribution in [0.15, 0.2) is 36.4 Å². The maximum absolute atomic E-state index is 12.6. The first-order valence-electron chi connectivity index (χ1n) is 10.5. The summed E-state index contributed by atoms with van der Waals surface area (Å²) >= 11 is 0. The highest BCUT2D eigenvalue weighted by atomic mass is 16.5. The van der Waals surface area contributed by atoms with Crippen molar-refractivity contribution in [2.45, 2.75) is 39.7 Å². The predicted molar refractivity (Wildman–Crippen MR) is 114 cm³/mol. The van der Waals surface area contributed by atoms with Crippen molar-refractivity contribution in [2.75, 3.05) is 19.6 Å². The molecule has 0 aliphatic carbocycles. The van der Waals surface area contributed by atoms with Gasteiger partial charge in [0.1, 0.15) is 17.5 Å². The average molecular weight is 425 g/mol. The van der Waals surface area contributed by atoms with Gasteiger partial charge in [-0.15, -0.1) is 0 Å². The van der Waals surface area contributed by atoms with Crippen LogP contribution < -0.4 is 5.32 Å². The van der Waals surface area contributed by atoms with Crippen LogP contribution in [0.3, 0.4) is 0 Å².